The normalized spacial score (nSPS) is 19.3. The average molecular weight is 404 g/mol. The predicted octanol–water partition coefficient (Wildman–Crippen LogP) is 2.59. The summed E-state index contributed by atoms with van der Waals surface area (Å²) in [6, 6.07) is 20.4. The molecule has 6 heteroatoms. The third-order valence-corrected chi connectivity index (χ3v) is 6.79. The van der Waals surface area contributed by atoms with Gasteiger partial charge >= 0.3 is 0 Å². The fourth-order valence-corrected chi connectivity index (χ4v) is 5.11. The summed E-state index contributed by atoms with van der Waals surface area (Å²) in [6.07, 6.45) is 4.94. The fourth-order valence-electron chi connectivity index (χ4n) is 5.11. The molecule has 0 bridgehead atoms. The molecular formula is C24H31N6+. The Labute approximate surface area is 178 Å². The number of piperazine rings is 1. The zero-order chi connectivity index (χ0) is 20.3. The predicted molar refractivity (Wildman–Crippen MR) is 118 cm³/mol. The number of rotatable bonds is 5. The zero-order valence-corrected chi connectivity index (χ0v) is 17.7. The van der Waals surface area contributed by atoms with Crippen LogP contribution in [0, 0.1) is 6.92 Å². The molecule has 5 rings (SSSR count). The summed E-state index contributed by atoms with van der Waals surface area (Å²) >= 11 is 0. The van der Waals surface area contributed by atoms with E-state index in [4.69, 9.17) is 0 Å². The van der Waals surface area contributed by atoms with Crippen LogP contribution in [0.15, 0.2) is 54.6 Å². The van der Waals surface area contributed by atoms with Gasteiger partial charge in [0.05, 0.1) is 32.2 Å². The van der Waals surface area contributed by atoms with E-state index in [1.165, 1.54) is 42.5 Å². The average Bonchev–Trinajstić information content (AvgIpc) is 3.48. The number of nitrogens with one attached hydrogen (secondary N) is 1. The van der Waals surface area contributed by atoms with Gasteiger partial charge in [-0.1, -0.05) is 60.9 Å². The molecule has 3 aromatic rings. The maximum absolute atomic E-state index is 4.58. The lowest BCUT2D eigenvalue weighted by Crippen LogP contribution is -3.15. The highest BCUT2D eigenvalue weighted by molar-refractivity contribution is 5.46. The van der Waals surface area contributed by atoms with Crippen molar-refractivity contribution >= 4 is 5.69 Å². The molecule has 1 atom stereocenters. The lowest BCUT2D eigenvalue weighted by Gasteiger charge is -2.37. The number of nitrogens with zero attached hydrogens (tertiary/aromatic N) is 5. The fraction of sp³-hybridized carbons (Fsp3) is 0.458. The third kappa shape index (κ3) is 3.84. The minimum absolute atomic E-state index is 0.180. The van der Waals surface area contributed by atoms with Gasteiger partial charge in [-0.3, -0.25) is 0 Å². The quantitative estimate of drug-likeness (QED) is 0.712. The maximum atomic E-state index is 4.58. The lowest BCUT2D eigenvalue weighted by molar-refractivity contribution is -0.927. The van der Waals surface area contributed by atoms with Crippen molar-refractivity contribution in [2.75, 3.05) is 31.1 Å². The number of anilines is 1. The van der Waals surface area contributed by atoms with Crippen LogP contribution in [0.25, 0.3) is 0 Å². The second kappa shape index (κ2) is 8.56. The first kappa shape index (κ1) is 19.2. The minimum Gasteiger partial charge on any atom is -0.360 e. The highest BCUT2D eigenvalue weighted by Crippen LogP contribution is 2.31. The van der Waals surface area contributed by atoms with Crippen molar-refractivity contribution in [3.8, 4) is 0 Å². The molecule has 0 amide bonds. The van der Waals surface area contributed by atoms with Crippen LogP contribution in [0.2, 0.25) is 0 Å². The van der Waals surface area contributed by atoms with E-state index in [-0.39, 0.29) is 6.04 Å². The SMILES string of the molecule is Cc1ccc([C@H](c2nnnn2C2CCCC2)[NH+]2CCN(c3ccccc3)CC2)cc1. The van der Waals surface area contributed by atoms with Gasteiger partial charge in [0.25, 0.3) is 0 Å². The number of hydrogen-bond donors (Lipinski definition) is 1. The topological polar surface area (TPSA) is 51.3 Å². The Balaban J connectivity index is 1.43. The van der Waals surface area contributed by atoms with Crippen LogP contribution >= 0.6 is 0 Å². The van der Waals surface area contributed by atoms with E-state index in [1.807, 2.05) is 0 Å². The first-order valence-electron chi connectivity index (χ1n) is 11.3. The molecule has 1 saturated carbocycles. The molecule has 6 nitrogen and oxygen atoms in total. The number of aromatic nitrogens is 4. The standard InChI is InChI=1S/C24H30N6/c1-19-11-13-20(14-12-19)23(24-25-26-27-30(24)22-9-5-6-10-22)29-17-15-28(16-18-29)21-7-3-2-4-8-21/h2-4,7-8,11-14,22-23H,5-6,9-10,15-18H2,1H3/p+1/t23-/m1/s1. The van der Waals surface area contributed by atoms with E-state index in [0.29, 0.717) is 6.04 Å². The van der Waals surface area contributed by atoms with E-state index < -0.39 is 0 Å². The van der Waals surface area contributed by atoms with Gasteiger partial charge < -0.3 is 9.80 Å². The van der Waals surface area contributed by atoms with Gasteiger partial charge in [0.2, 0.25) is 5.82 Å². The molecule has 1 saturated heterocycles. The molecule has 1 N–H and O–H groups in total. The Kier molecular flexibility index (Phi) is 5.49. The molecule has 0 radical (unpaired) electrons. The van der Waals surface area contributed by atoms with Crippen LogP contribution in [0.1, 0.15) is 54.7 Å². The highest BCUT2D eigenvalue weighted by Gasteiger charge is 2.36. The van der Waals surface area contributed by atoms with E-state index in [9.17, 15) is 0 Å². The second-order valence-corrected chi connectivity index (χ2v) is 8.74. The summed E-state index contributed by atoms with van der Waals surface area (Å²) in [5.41, 5.74) is 3.92. The smallest absolute Gasteiger partial charge is 0.214 e. The molecule has 0 unspecified atom stereocenters. The summed E-state index contributed by atoms with van der Waals surface area (Å²) in [7, 11) is 0. The van der Waals surface area contributed by atoms with Crippen molar-refractivity contribution in [2.45, 2.75) is 44.7 Å². The monoisotopic (exact) mass is 403 g/mol. The van der Waals surface area contributed by atoms with E-state index in [1.54, 1.807) is 4.90 Å². The zero-order valence-electron chi connectivity index (χ0n) is 17.7. The van der Waals surface area contributed by atoms with Gasteiger partial charge in [-0.25, -0.2) is 4.68 Å². The van der Waals surface area contributed by atoms with Gasteiger partial charge in [0.1, 0.15) is 0 Å². The van der Waals surface area contributed by atoms with Crippen molar-refractivity contribution in [2.24, 2.45) is 0 Å². The molecule has 2 heterocycles. The summed E-state index contributed by atoms with van der Waals surface area (Å²) < 4.78 is 2.15. The number of benzene rings is 2. The summed E-state index contributed by atoms with van der Waals surface area (Å²) in [5, 5.41) is 13.2. The van der Waals surface area contributed by atoms with Gasteiger partial charge in [-0.05, 0) is 42.3 Å². The lowest BCUT2D eigenvalue weighted by atomic mass is 10.0. The number of hydrogen-bond acceptors (Lipinski definition) is 4. The molecule has 2 aromatic carbocycles. The van der Waals surface area contributed by atoms with Crippen LogP contribution in [0.3, 0.4) is 0 Å². The van der Waals surface area contributed by atoms with Crippen LogP contribution in [0.4, 0.5) is 5.69 Å². The Hall–Kier alpha value is -2.73. The van der Waals surface area contributed by atoms with Gasteiger partial charge in [-0.2, -0.15) is 0 Å². The molecule has 1 aromatic heterocycles. The van der Waals surface area contributed by atoms with Gasteiger partial charge in [-0.15, -0.1) is 5.10 Å². The minimum atomic E-state index is 0.180. The Bertz CT molecular complexity index is 937. The Morgan fingerprint density at radius 3 is 2.33 bits per heavy atom. The van der Waals surface area contributed by atoms with E-state index in [0.717, 1.165) is 32.0 Å². The highest BCUT2D eigenvalue weighted by atomic mass is 15.6. The number of quaternary nitrogens is 1. The summed E-state index contributed by atoms with van der Waals surface area (Å²) in [4.78, 5) is 4.05. The van der Waals surface area contributed by atoms with Gasteiger partial charge in [0, 0.05) is 11.3 Å². The van der Waals surface area contributed by atoms with Crippen molar-refractivity contribution in [1.82, 2.24) is 20.2 Å². The second-order valence-electron chi connectivity index (χ2n) is 8.74. The number of tetrazole rings is 1. The molecule has 1 aliphatic heterocycles. The van der Waals surface area contributed by atoms with Crippen molar-refractivity contribution in [3.63, 3.8) is 0 Å². The molecular weight excluding hydrogens is 372 g/mol. The molecule has 1 aliphatic carbocycles. The summed E-state index contributed by atoms with van der Waals surface area (Å²) in [6.45, 7) is 6.39. The molecule has 156 valence electrons. The van der Waals surface area contributed by atoms with Crippen molar-refractivity contribution in [1.29, 1.82) is 0 Å². The first-order chi connectivity index (χ1) is 14.8. The Morgan fingerprint density at radius 1 is 0.933 bits per heavy atom. The van der Waals surface area contributed by atoms with Crippen LogP contribution in [0.5, 0.6) is 0 Å². The molecule has 0 spiro atoms. The molecule has 30 heavy (non-hydrogen) atoms. The van der Waals surface area contributed by atoms with Gasteiger partial charge in [0.15, 0.2) is 6.04 Å². The first-order valence-corrected chi connectivity index (χ1v) is 11.3. The number of aryl methyl sites for hydroxylation is 1. The van der Waals surface area contributed by atoms with Crippen LogP contribution < -0.4 is 9.80 Å². The van der Waals surface area contributed by atoms with Crippen LogP contribution in [-0.4, -0.2) is 46.4 Å². The van der Waals surface area contributed by atoms with Crippen molar-refractivity contribution in [3.05, 3.63) is 71.5 Å². The molecule has 2 aliphatic rings. The van der Waals surface area contributed by atoms with E-state index >= 15 is 0 Å². The van der Waals surface area contributed by atoms with Crippen molar-refractivity contribution < 1.29 is 4.90 Å². The van der Waals surface area contributed by atoms with E-state index in [2.05, 4.69) is 86.6 Å². The Morgan fingerprint density at radius 2 is 1.63 bits per heavy atom. The molecule has 2 fully saturated rings. The largest absolute Gasteiger partial charge is 0.360 e. The maximum Gasteiger partial charge on any atom is 0.214 e. The number of para-hydroxylation sites is 1. The van der Waals surface area contributed by atoms with Crippen LogP contribution in [-0.2, 0) is 0 Å². The third-order valence-electron chi connectivity index (χ3n) is 6.79. The summed E-state index contributed by atoms with van der Waals surface area (Å²) in [5.74, 6) is 1.04.